The van der Waals surface area contributed by atoms with Crippen molar-refractivity contribution in [2.75, 3.05) is 50.5 Å². The second kappa shape index (κ2) is 9.02. The average molecular weight is 367 g/mol. The molecule has 0 aromatic heterocycles. The molecule has 1 aromatic carbocycles. The third-order valence-electron chi connectivity index (χ3n) is 4.78. The molecule has 24 heavy (non-hydrogen) atoms. The molecular formula is C18H26N2O2S2. The maximum Gasteiger partial charge on any atom is 0.232 e. The first-order valence-corrected chi connectivity index (χ1v) is 10.8. The van der Waals surface area contributed by atoms with Gasteiger partial charge in [-0.3, -0.25) is 9.69 Å². The molecule has 2 aliphatic heterocycles. The standard InChI is InChI=1S/C18H26N2O2S2/c1-22-16-3-2-4-17(13-16)24-14-18(21)20-7-5-15(6-8-20)19-9-11-23-12-10-19/h2-4,13,15H,5-12,14H2,1H3. The molecule has 3 rings (SSSR count). The van der Waals surface area contributed by atoms with Gasteiger partial charge in [-0.15, -0.1) is 11.8 Å². The number of hydrogen-bond acceptors (Lipinski definition) is 5. The molecule has 0 atom stereocenters. The van der Waals surface area contributed by atoms with Crippen LogP contribution >= 0.6 is 23.5 Å². The number of methoxy groups -OCH3 is 1. The average Bonchev–Trinajstić information content (AvgIpc) is 2.67. The number of thioether (sulfide) groups is 2. The number of hydrogen-bond donors (Lipinski definition) is 0. The second-order valence-corrected chi connectivity index (χ2v) is 8.50. The second-order valence-electron chi connectivity index (χ2n) is 6.23. The predicted octanol–water partition coefficient (Wildman–Crippen LogP) is 2.83. The van der Waals surface area contributed by atoms with Crippen molar-refractivity contribution in [3.63, 3.8) is 0 Å². The molecule has 4 nitrogen and oxygen atoms in total. The highest BCUT2D eigenvalue weighted by molar-refractivity contribution is 8.00. The number of ether oxygens (including phenoxy) is 1. The first kappa shape index (κ1) is 18.0. The molecule has 2 fully saturated rings. The summed E-state index contributed by atoms with van der Waals surface area (Å²) in [5, 5.41) is 0. The number of amides is 1. The maximum absolute atomic E-state index is 12.5. The number of carbonyl (C=O) groups is 1. The number of rotatable bonds is 5. The Hall–Kier alpha value is -0.850. The van der Waals surface area contributed by atoms with Gasteiger partial charge in [0, 0.05) is 48.6 Å². The minimum atomic E-state index is 0.260. The van der Waals surface area contributed by atoms with Crippen LogP contribution in [0.2, 0.25) is 0 Å². The van der Waals surface area contributed by atoms with Crippen molar-refractivity contribution in [1.29, 1.82) is 0 Å². The largest absolute Gasteiger partial charge is 0.497 e. The monoisotopic (exact) mass is 366 g/mol. The van der Waals surface area contributed by atoms with E-state index in [-0.39, 0.29) is 5.91 Å². The summed E-state index contributed by atoms with van der Waals surface area (Å²) >= 11 is 3.65. The minimum Gasteiger partial charge on any atom is -0.497 e. The van der Waals surface area contributed by atoms with Crippen molar-refractivity contribution in [2.45, 2.75) is 23.8 Å². The quantitative estimate of drug-likeness (QED) is 0.749. The van der Waals surface area contributed by atoms with E-state index in [1.54, 1.807) is 18.9 Å². The Bertz CT molecular complexity index is 542. The van der Waals surface area contributed by atoms with Gasteiger partial charge >= 0.3 is 0 Å². The first-order valence-electron chi connectivity index (χ1n) is 8.62. The molecule has 2 saturated heterocycles. The van der Waals surface area contributed by atoms with Crippen molar-refractivity contribution in [3.8, 4) is 5.75 Å². The van der Waals surface area contributed by atoms with Crippen LogP contribution in [-0.4, -0.2) is 72.3 Å². The molecule has 6 heteroatoms. The van der Waals surface area contributed by atoms with E-state index in [1.165, 1.54) is 24.6 Å². The van der Waals surface area contributed by atoms with Crippen LogP contribution in [0.1, 0.15) is 12.8 Å². The minimum absolute atomic E-state index is 0.260. The molecular weight excluding hydrogens is 340 g/mol. The van der Waals surface area contributed by atoms with Gasteiger partial charge in [0.25, 0.3) is 0 Å². The zero-order valence-corrected chi connectivity index (χ0v) is 15.9. The Morgan fingerprint density at radius 1 is 1.25 bits per heavy atom. The molecule has 132 valence electrons. The Morgan fingerprint density at radius 3 is 2.71 bits per heavy atom. The third-order valence-corrected chi connectivity index (χ3v) is 6.70. The summed E-state index contributed by atoms with van der Waals surface area (Å²) < 4.78 is 5.23. The van der Waals surface area contributed by atoms with E-state index < -0.39 is 0 Å². The van der Waals surface area contributed by atoms with Crippen LogP contribution in [0.3, 0.4) is 0 Å². The fourth-order valence-corrected chi connectivity index (χ4v) is 5.13. The Labute approximate surface area is 153 Å². The lowest BCUT2D eigenvalue weighted by atomic mass is 10.0. The maximum atomic E-state index is 12.5. The number of piperidine rings is 1. The van der Waals surface area contributed by atoms with Crippen LogP contribution in [0, 0.1) is 0 Å². The molecule has 2 aliphatic rings. The summed E-state index contributed by atoms with van der Waals surface area (Å²) in [7, 11) is 1.67. The van der Waals surface area contributed by atoms with Gasteiger partial charge in [-0.05, 0) is 31.0 Å². The zero-order chi connectivity index (χ0) is 16.8. The van der Waals surface area contributed by atoms with Gasteiger partial charge in [0.15, 0.2) is 0 Å². The lowest BCUT2D eigenvalue weighted by molar-refractivity contribution is -0.129. The Morgan fingerprint density at radius 2 is 2.00 bits per heavy atom. The molecule has 0 radical (unpaired) electrons. The van der Waals surface area contributed by atoms with Crippen LogP contribution in [-0.2, 0) is 4.79 Å². The van der Waals surface area contributed by atoms with Crippen LogP contribution < -0.4 is 4.74 Å². The Kier molecular flexibility index (Phi) is 6.75. The van der Waals surface area contributed by atoms with Gasteiger partial charge in [0.2, 0.25) is 5.91 Å². The zero-order valence-electron chi connectivity index (χ0n) is 14.3. The number of nitrogens with zero attached hydrogens (tertiary/aromatic N) is 2. The van der Waals surface area contributed by atoms with Gasteiger partial charge in [0.05, 0.1) is 12.9 Å². The highest BCUT2D eigenvalue weighted by Gasteiger charge is 2.27. The van der Waals surface area contributed by atoms with Gasteiger partial charge in [0.1, 0.15) is 5.75 Å². The van der Waals surface area contributed by atoms with Gasteiger partial charge < -0.3 is 9.64 Å². The van der Waals surface area contributed by atoms with Crippen molar-refractivity contribution in [3.05, 3.63) is 24.3 Å². The highest BCUT2D eigenvalue weighted by Crippen LogP contribution is 2.25. The van der Waals surface area contributed by atoms with Crippen LogP contribution in [0.4, 0.5) is 0 Å². The summed E-state index contributed by atoms with van der Waals surface area (Å²) in [5.74, 6) is 4.13. The number of benzene rings is 1. The normalized spacial score (nSPS) is 20.1. The van der Waals surface area contributed by atoms with Gasteiger partial charge in [-0.2, -0.15) is 11.8 Å². The molecule has 0 spiro atoms. The summed E-state index contributed by atoms with van der Waals surface area (Å²) in [4.78, 5) is 18.2. The van der Waals surface area contributed by atoms with E-state index in [0.29, 0.717) is 11.8 Å². The highest BCUT2D eigenvalue weighted by atomic mass is 32.2. The summed E-state index contributed by atoms with van der Waals surface area (Å²) in [5.41, 5.74) is 0. The topological polar surface area (TPSA) is 32.8 Å². The smallest absolute Gasteiger partial charge is 0.232 e. The van der Waals surface area contributed by atoms with Crippen molar-refractivity contribution >= 4 is 29.4 Å². The van der Waals surface area contributed by atoms with Crippen LogP contribution in [0.25, 0.3) is 0 Å². The van der Waals surface area contributed by atoms with Gasteiger partial charge in [-0.1, -0.05) is 6.07 Å². The van der Waals surface area contributed by atoms with E-state index >= 15 is 0 Å². The van der Waals surface area contributed by atoms with Crippen molar-refractivity contribution in [2.24, 2.45) is 0 Å². The SMILES string of the molecule is COc1cccc(SCC(=O)N2CCC(N3CCSCC3)CC2)c1. The van der Waals surface area contributed by atoms with E-state index in [0.717, 1.165) is 36.6 Å². The van der Waals surface area contributed by atoms with Crippen LogP contribution in [0.15, 0.2) is 29.2 Å². The fourth-order valence-electron chi connectivity index (χ4n) is 3.35. The summed E-state index contributed by atoms with van der Waals surface area (Å²) in [6, 6.07) is 8.59. The van der Waals surface area contributed by atoms with E-state index in [9.17, 15) is 4.79 Å². The first-order chi connectivity index (χ1) is 11.8. The van der Waals surface area contributed by atoms with E-state index in [4.69, 9.17) is 4.74 Å². The van der Waals surface area contributed by atoms with Crippen molar-refractivity contribution in [1.82, 2.24) is 9.80 Å². The summed E-state index contributed by atoms with van der Waals surface area (Å²) in [6.45, 7) is 4.25. The number of carbonyl (C=O) groups excluding carboxylic acids is 1. The molecule has 0 bridgehead atoms. The predicted molar refractivity (Wildman–Crippen MR) is 102 cm³/mol. The van der Waals surface area contributed by atoms with Crippen LogP contribution in [0.5, 0.6) is 5.75 Å². The molecule has 1 amide bonds. The molecule has 1 aromatic rings. The van der Waals surface area contributed by atoms with E-state index in [2.05, 4.69) is 16.7 Å². The molecule has 2 heterocycles. The van der Waals surface area contributed by atoms with E-state index in [1.807, 2.05) is 29.2 Å². The number of likely N-dealkylation sites (tertiary alicyclic amines) is 1. The lowest BCUT2D eigenvalue weighted by Crippen LogP contribution is -2.49. The lowest BCUT2D eigenvalue weighted by Gasteiger charge is -2.40. The summed E-state index contributed by atoms with van der Waals surface area (Å²) in [6.07, 6.45) is 2.25. The third kappa shape index (κ3) is 4.83. The van der Waals surface area contributed by atoms with Gasteiger partial charge in [-0.25, -0.2) is 0 Å². The molecule has 0 N–H and O–H groups in total. The fraction of sp³-hybridized carbons (Fsp3) is 0.611. The van der Waals surface area contributed by atoms with Crippen molar-refractivity contribution < 1.29 is 9.53 Å². The molecule has 0 unspecified atom stereocenters. The Balaban J connectivity index is 1.43. The molecule has 0 aliphatic carbocycles. The molecule has 0 saturated carbocycles.